The Hall–Kier alpha value is -3.09. The Morgan fingerprint density at radius 1 is 0.967 bits per heavy atom. The van der Waals surface area contributed by atoms with Crippen LogP contribution < -0.4 is 9.64 Å². The molecule has 0 aliphatic rings. The first-order chi connectivity index (χ1) is 14.4. The zero-order valence-corrected chi connectivity index (χ0v) is 17.0. The van der Waals surface area contributed by atoms with Gasteiger partial charge in [-0.2, -0.15) is 18.2 Å². The van der Waals surface area contributed by atoms with Crippen molar-refractivity contribution in [1.82, 2.24) is 9.97 Å². The first kappa shape index (κ1) is 21.6. The quantitative estimate of drug-likeness (QED) is 0.440. The summed E-state index contributed by atoms with van der Waals surface area (Å²) >= 11 is 0. The second kappa shape index (κ2) is 9.61. The van der Waals surface area contributed by atoms with Crippen LogP contribution in [0, 0.1) is 0 Å². The highest BCUT2D eigenvalue weighted by Gasteiger charge is 2.36. The van der Waals surface area contributed by atoms with Crippen LogP contribution in [0.1, 0.15) is 37.0 Å². The number of halogens is 3. The number of para-hydroxylation sites is 1. The minimum atomic E-state index is -4.61. The monoisotopic (exact) mass is 415 g/mol. The van der Waals surface area contributed by atoms with Crippen molar-refractivity contribution < 1.29 is 17.9 Å². The molecule has 0 N–H and O–H groups in total. The van der Waals surface area contributed by atoms with E-state index in [2.05, 4.69) is 16.9 Å². The van der Waals surface area contributed by atoms with E-state index in [1.165, 1.54) is 0 Å². The number of aromatic nitrogens is 2. The lowest BCUT2D eigenvalue weighted by Crippen LogP contribution is -2.22. The molecular weight excluding hydrogens is 391 g/mol. The van der Waals surface area contributed by atoms with E-state index in [0.717, 1.165) is 35.9 Å². The number of benzene rings is 2. The molecule has 1 heterocycles. The van der Waals surface area contributed by atoms with Gasteiger partial charge in [0.1, 0.15) is 12.2 Å². The van der Waals surface area contributed by atoms with Crippen LogP contribution in [0.5, 0.6) is 5.88 Å². The smallest absolute Gasteiger partial charge is 0.423 e. The third-order valence-corrected chi connectivity index (χ3v) is 4.62. The fourth-order valence-electron chi connectivity index (χ4n) is 3.19. The van der Waals surface area contributed by atoms with Crippen molar-refractivity contribution in [1.29, 1.82) is 0 Å². The Balaban J connectivity index is 1.98. The van der Waals surface area contributed by atoms with Gasteiger partial charge < -0.3 is 9.64 Å². The molecule has 1 aromatic heterocycles. The number of rotatable bonds is 8. The highest BCUT2D eigenvalue weighted by molar-refractivity contribution is 5.62. The predicted octanol–water partition coefficient (Wildman–Crippen LogP) is 6.18. The van der Waals surface area contributed by atoms with E-state index in [4.69, 9.17) is 4.74 Å². The molecule has 0 aliphatic heterocycles. The topological polar surface area (TPSA) is 38.2 Å². The Bertz CT molecular complexity index is 961. The van der Waals surface area contributed by atoms with Gasteiger partial charge in [0.15, 0.2) is 0 Å². The summed E-state index contributed by atoms with van der Waals surface area (Å²) in [6, 6.07) is 16.8. The summed E-state index contributed by atoms with van der Waals surface area (Å²) in [5, 5.41) is 0. The van der Waals surface area contributed by atoms with Crippen molar-refractivity contribution in [2.45, 2.75) is 39.5 Å². The van der Waals surface area contributed by atoms with Gasteiger partial charge >= 0.3 is 6.18 Å². The number of ether oxygens (including phenoxy) is 1. The average Bonchev–Trinajstić information content (AvgIpc) is 2.74. The Morgan fingerprint density at radius 2 is 1.67 bits per heavy atom. The highest BCUT2D eigenvalue weighted by atomic mass is 19.4. The minimum Gasteiger partial charge on any atom is -0.472 e. The van der Waals surface area contributed by atoms with E-state index in [-0.39, 0.29) is 12.6 Å². The van der Waals surface area contributed by atoms with Crippen LogP contribution in [0.4, 0.5) is 24.8 Å². The molecule has 158 valence electrons. The van der Waals surface area contributed by atoms with Crippen LogP contribution in [0.15, 0.2) is 60.8 Å². The molecule has 30 heavy (non-hydrogen) atoms. The zero-order chi connectivity index (χ0) is 21.6. The normalized spacial score (nSPS) is 11.4. The fraction of sp³-hybridized carbons (Fsp3) is 0.304. The predicted molar refractivity (Wildman–Crippen MR) is 111 cm³/mol. The number of nitrogens with zero attached hydrogens (tertiary/aromatic N) is 3. The van der Waals surface area contributed by atoms with Gasteiger partial charge in [-0.3, -0.25) is 0 Å². The Labute approximate surface area is 174 Å². The van der Waals surface area contributed by atoms with Crippen molar-refractivity contribution in [2.75, 3.05) is 11.4 Å². The van der Waals surface area contributed by atoms with Gasteiger partial charge in [0.2, 0.25) is 11.8 Å². The van der Waals surface area contributed by atoms with Crippen LogP contribution >= 0.6 is 0 Å². The fourth-order valence-corrected chi connectivity index (χ4v) is 3.19. The lowest BCUT2D eigenvalue weighted by molar-refractivity contribution is -0.139. The molecule has 3 rings (SSSR count). The third kappa shape index (κ3) is 5.09. The summed E-state index contributed by atoms with van der Waals surface area (Å²) in [6.07, 6.45) is -2.01. The van der Waals surface area contributed by atoms with Gasteiger partial charge in [0, 0.05) is 18.4 Å². The first-order valence-electron chi connectivity index (χ1n) is 9.90. The van der Waals surface area contributed by atoms with Gasteiger partial charge in [-0.1, -0.05) is 61.9 Å². The van der Waals surface area contributed by atoms with Crippen molar-refractivity contribution in [2.24, 2.45) is 0 Å². The first-order valence-corrected chi connectivity index (χ1v) is 9.90. The molecule has 0 atom stereocenters. The standard InChI is InChI=1S/C23H24F3N3O/c1-3-10-18-13-8-9-14-20(18)29(4-2)22-27-15-19(23(24,25)26)21(28-22)30-16-17-11-6-5-7-12-17/h5-9,11-15H,3-4,10,16H2,1-2H3. The van der Waals surface area contributed by atoms with E-state index in [9.17, 15) is 13.2 Å². The van der Waals surface area contributed by atoms with Gasteiger partial charge in [0.05, 0.1) is 0 Å². The van der Waals surface area contributed by atoms with Crippen LogP contribution in [0.2, 0.25) is 0 Å². The molecule has 2 aromatic carbocycles. The zero-order valence-electron chi connectivity index (χ0n) is 17.0. The van der Waals surface area contributed by atoms with Gasteiger partial charge in [-0.05, 0) is 30.5 Å². The molecule has 0 amide bonds. The maximum atomic E-state index is 13.5. The summed E-state index contributed by atoms with van der Waals surface area (Å²) < 4.78 is 46.0. The molecule has 0 aliphatic carbocycles. The number of hydrogen-bond donors (Lipinski definition) is 0. The van der Waals surface area contributed by atoms with Crippen molar-refractivity contribution >= 4 is 11.6 Å². The molecule has 0 saturated carbocycles. The Kier molecular flexibility index (Phi) is 6.92. The van der Waals surface area contributed by atoms with Crippen LogP contribution in [0.3, 0.4) is 0 Å². The van der Waals surface area contributed by atoms with E-state index in [0.29, 0.717) is 6.54 Å². The minimum absolute atomic E-state index is 0.0150. The number of alkyl halides is 3. The summed E-state index contributed by atoms with van der Waals surface area (Å²) in [4.78, 5) is 10.0. The SMILES string of the molecule is CCCc1ccccc1N(CC)c1ncc(C(F)(F)F)c(OCc2ccccc2)n1. The largest absolute Gasteiger partial charge is 0.472 e. The van der Waals surface area contributed by atoms with Gasteiger partial charge in [-0.25, -0.2) is 4.98 Å². The molecule has 7 heteroatoms. The average molecular weight is 415 g/mol. The number of aryl methyl sites for hydroxylation is 1. The molecule has 0 bridgehead atoms. The second-order valence-corrected chi connectivity index (χ2v) is 6.78. The van der Waals surface area contributed by atoms with Crippen molar-refractivity contribution in [3.63, 3.8) is 0 Å². The number of anilines is 2. The number of hydrogen-bond acceptors (Lipinski definition) is 4. The second-order valence-electron chi connectivity index (χ2n) is 6.78. The maximum Gasteiger partial charge on any atom is 0.423 e. The van der Waals surface area contributed by atoms with Gasteiger partial charge in [0.25, 0.3) is 0 Å². The van der Waals surface area contributed by atoms with Crippen molar-refractivity contribution in [3.8, 4) is 5.88 Å². The highest BCUT2D eigenvalue weighted by Crippen LogP contribution is 2.37. The van der Waals surface area contributed by atoms with E-state index in [1.54, 1.807) is 29.2 Å². The van der Waals surface area contributed by atoms with Crippen LogP contribution in [0.25, 0.3) is 0 Å². The molecule has 0 spiro atoms. The Morgan fingerprint density at radius 3 is 2.33 bits per heavy atom. The third-order valence-electron chi connectivity index (χ3n) is 4.62. The lowest BCUT2D eigenvalue weighted by atomic mass is 10.1. The summed E-state index contributed by atoms with van der Waals surface area (Å²) in [5.41, 5.74) is 1.75. The molecular formula is C23H24F3N3O. The van der Waals surface area contributed by atoms with E-state index < -0.39 is 17.6 Å². The van der Waals surface area contributed by atoms with Crippen LogP contribution in [-0.2, 0) is 19.2 Å². The molecule has 4 nitrogen and oxygen atoms in total. The molecule has 0 radical (unpaired) electrons. The van der Waals surface area contributed by atoms with Crippen LogP contribution in [-0.4, -0.2) is 16.5 Å². The molecule has 3 aromatic rings. The molecule has 0 fully saturated rings. The molecule has 0 saturated heterocycles. The van der Waals surface area contributed by atoms with Crippen molar-refractivity contribution in [3.05, 3.63) is 77.5 Å². The van der Waals surface area contributed by atoms with E-state index >= 15 is 0 Å². The molecule has 0 unspecified atom stereocenters. The van der Waals surface area contributed by atoms with Gasteiger partial charge in [-0.15, -0.1) is 0 Å². The summed E-state index contributed by atoms with van der Waals surface area (Å²) in [6.45, 7) is 4.48. The maximum absolute atomic E-state index is 13.5. The summed E-state index contributed by atoms with van der Waals surface area (Å²) in [5.74, 6) is -0.292. The lowest BCUT2D eigenvalue weighted by Gasteiger charge is -2.24. The summed E-state index contributed by atoms with van der Waals surface area (Å²) in [7, 11) is 0. The van der Waals surface area contributed by atoms with E-state index in [1.807, 2.05) is 37.3 Å².